The molecule has 4 rings (SSSR count). The summed E-state index contributed by atoms with van der Waals surface area (Å²) in [6.45, 7) is 3.06. The van der Waals surface area contributed by atoms with Gasteiger partial charge in [-0.3, -0.25) is 9.59 Å². The highest BCUT2D eigenvalue weighted by molar-refractivity contribution is 6.04. The van der Waals surface area contributed by atoms with E-state index in [2.05, 4.69) is 21.9 Å². The molecule has 1 aliphatic rings. The topological polar surface area (TPSA) is 103 Å². The van der Waals surface area contributed by atoms with Gasteiger partial charge in [0.05, 0.1) is 23.2 Å². The Kier molecular flexibility index (Phi) is 5.11. The molecule has 0 unspecified atom stereocenters. The Labute approximate surface area is 173 Å². The predicted molar refractivity (Wildman–Crippen MR) is 111 cm³/mol. The third kappa shape index (κ3) is 3.57. The molecule has 30 heavy (non-hydrogen) atoms. The number of pyridine rings is 1. The van der Waals surface area contributed by atoms with E-state index in [1.165, 1.54) is 6.20 Å². The van der Waals surface area contributed by atoms with Gasteiger partial charge in [0.15, 0.2) is 5.69 Å². The Morgan fingerprint density at radius 1 is 1.37 bits per heavy atom. The Morgan fingerprint density at radius 3 is 2.90 bits per heavy atom. The van der Waals surface area contributed by atoms with Gasteiger partial charge >= 0.3 is 0 Å². The molecule has 1 saturated heterocycles. The summed E-state index contributed by atoms with van der Waals surface area (Å²) in [5, 5.41) is 4.94. The second-order valence-electron chi connectivity index (χ2n) is 7.02. The number of fused-ring (bicyclic) bond motifs is 1. The van der Waals surface area contributed by atoms with Gasteiger partial charge in [0, 0.05) is 31.4 Å². The lowest BCUT2D eigenvalue weighted by molar-refractivity contribution is -0.128. The van der Waals surface area contributed by atoms with Gasteiger partial charge in [-0.1, -0.05) is 17.9 Å². The number of nitrogens with zero attached hydrogens (tertiary/aromatic N) is 4. The molecule has 8 nitrogen and oxygen atoms in total. The molecule has 2 aromatic heterocycles. The zero-order valence-corrected chi connectivity index (χ0v) is 16.8. The minimum Gasteiger partial charge on any atom is -0.478 e. The molecular formula is C22H21N5O3. The first kappa shape index (κ1) is 19.5. The van der Waals surface area contributed by atoms with Crippen LogP contribution in [0.25, 0.3) is 16.6 Å². The quantitative estimate of drug-likeness (QED) is 0.669. The van der Waals surface area contributed by atoms with Crippen LogP contribution in [0.4, 0.5) is 0 Å². The molecule has 3 aromatic rings. The van der Waals surface area contributed by atoms with Crippen LogP contribution in [-0.4, -0.2) is 51.7 Å². The maximum atomic E-state index is 12.1. The van der Waals surface area contributed by atoms with Gasteiger partial charge in [-0.05, 0) is 31.5 Å². The fraction of sp³-hybridized carbons (Fsp3) is 0.273. The summed E-state index contributed by atoms with van der Waals surface area (Å²) in [4.78, 5) is 29.8. The van der Waals surface area contributed by atoms with Crippen LogP contribution < -0.4 is 10.5 Å². The number of carbonyl (C=O) groups is 2. The Hall–Kier alpha value is -3.86. The number of likely N-dealkylation sites (tertiary alicyclic amines) is 1. The first-order valence-electron chi connectivity index (χ1n) is 9.66. The summed E-state index contributed by atoms with van der Waals surface area (Å²) in [5.41, 5.74) is 7.76. The molecule has 0 spiro atoms. The highest BCUT2D eigenvalue weighted by Crippen LogP contribution is 2.25. The third-order valence-electron chi connectivity index (χ3n) is 4.97. The minimum absolute atomic E-state index is 0.0544. The van der Waals surface area contributed by atoms with Crippen LogP contribution in [0.3, 0.4) is 0 Å². The molecule has 0 aliphatic carbocycles. The summed E-state index contributed by atoms with van der Waals surface area (Å²) in [7, 11) is 1.79. The second-order valence-corrected chi connectivity index (χ2v) is 7.02. The number of ether oxygens (including phenoxy) is 1. The average Bonchev–Trinajstić information content (AvgIpc) is 3.27. The van der Waals surface area contributed by atoms with Gasteiger partial charge in [0.2, 0.25) is 11.8 Å². The maximum absolute atomic E-state index is 12.1. The van der Waals surface area contributed by atoms with Gasteiger partial charge in [0.1, 0.15) is 5.92 Å². The van der Waals surface area contributed by atoms with Crippen molar-refractivity contribution in [3.63, 3.8) is 0 Å². The molecule has 1 aliphatic heterocycles. The molecule has 2 N–H and O–H groups in total. The van der Waals surface area contributed by atoms with Crippen LogP contribution in [0, 0.1) is 17.8 Å². The van der Waals surface area contributed by atoms with Crippen molar-refractivity contribution in [3.8, 4) is 23.4 Å². The van der Waals surface area contributed by atoms with E-state index in [1.807, 2.05) is 31.2 Å². The van der Waals surface area contributed by atoms with Crippen LogP contribution in [0.1, 0.15) is 29.4 Å². The molecule has 1 atom stereocenters. The van der Waals surface area contributed by atoms with Crippen molar-refractivity contribution in [1.29, 1.82) is 0 Å². The van der Waals surface area contributed by atoms with Crippen molar-refractivity contribution in [2.24, 2.45) is 11.7 Å². The molecule has 3 heterocycles. The first-order chi connectivity index (χ1) is 14.5. The minimum atomic E-state index is -0.635. The van der Waals surface area contributed by atoms with E-state index < -0.39 is 5.91 Å². The summed E-state index contributed by atoms with van der Waals surface area (Å²) in [6.07, 6.45) is 2.27. The normalized spacial score (nSPS) is 15.9. The number of aromatic nitrogens is 3. The van der Waals surface area contributed by atoms with E-state index in [0.717, 1.165) is 18.5 Å². The molecule has 0 bridgehead atoms. The summed E-state index contributed by atoms with van der Waals surface area (Å²) >= 11 is 0. The van der Waals surface area contributed by atoms with Gasteiger partial charge < -0.3 is 15.4 Å². The van der Waals surface area contributed by atoms with Gasteiger partial charge in [-0.25, -0.2) is 9.67 Å². The number of hydrogen-bond donors (Lipinski definition) is 1. The van der Waals surface area contributed by atoms with Crippen molar-refractivity contribution in [2.75, 3.05) is 20.2 Å². The lowest BCUT2D eigenvalue weighted by Gasteiger charge is -2.06. The standard InChI is InChI=1S/C22H21N5O3/c1-3-30-19-12-18-17(13-24-19)20(21(23)28)25-27(18)16-6-4-5-14(11-16)7-8-15-9-10-26(2)22(15)29/h4-6,11-13,15H,3,9-10H2,1-2H3,(H2,23,28)/t15-/m1/s1. The third-order valence-corrected chi connectivity index (χ3v) is 4.97. The number of rotatable bonds is 4. The largest absolute Gasteiger partial charge is 0.478 e. The molecule has 152 valence electrons. The number of nitrogens with two attached hydrogens (primary N) is 1. The molecule has 2 amide bonds. The summed E-state index contributed by atoms with van der Waals surface area (Å²) in [5.74, 6) is 5.74. The molecule has 8 heteroatoms. The fourth-order valence-corrected chi connectivity index (χ4v) is 3.44. The Bertz CT molecular complexity index is 1200. The summed E-state index contributed by atoms with van der Waals surface area (Å²) in [6, 6.07) is 9.16. The molecule has 1 fully saturated rings. The van der Waals surface area contributed by atoms with E-state index in [1.54, 1.807) is 22.7 Å². The first-order valence-corrected chi connectivity index (χ1v) is 9.66. The Balaban J connectivity index is 1.75. The lowest BCUT2D eigenvalue weighted by atomic mass is 10.1. The van der Waals surface area contributed by atoms with Crippen LogP contribution >= 0.6 is 0 Å². The van der Waals surface area contributed by atoms with Crippen molar-refractivity contribution < 1.29 is 14.3 Å². The van der Waals surface area contributed by atoms with Crippen LogP contribution in [-0.2, 0) is 4.79 Å². The number of primary amides is 1. The number of benzene rings is 1. The van der Waals surface area contributed by atoms with Crippen molar-refractivity contribution in [3.05, 3.63) is 47.8 Å². The SMILES string of the molecule is CCOc1cc2c(cn1)c(C(N)=O)nn2-c1cccc(C#C[C@@H]2CCN(C)C2=O)c1. The molecule has 1 aromatic carbocycles. The smallest absolute Gasteiger partial charge is 0.269 e. The highest BCUT2D eigenvalue weighted by Gasteiger charge is 2.27. The summed E-state index contributed by atoms with van der Waals surface area (Å²) < 4.78 is 7.11. The van der Waals surface area contributed by atoms with Crippen LogP contribution in [0.2, 0.25) is 0 Å². The monoisotopic (exact) mass is 403 g/mol. The van der Waals surface area contributed by atoms with Crippen molar-refractivity contribution >= 4 is 22.7 Å². The van der Waals surface area contributed by atoms with Gasteiger partial charge in [-0.2, -0.15) is 5.10 Å². The van der Waals surface area contributed by atoms with E-state index in [0.29, 0.717) is 29.1 Å². The van der Waals surface area contributed by atoms with E-state index >= 15 is 0 Å². The van der Waals surface area contributed by atoms with Gasteiger partial charge in [-0.15, -0.1) is 0 Å². The second kappa shape index (κ2) is 7.87. The molecule has 0 radical (unpaired) electrons. The van der Waals surface area contributed by atoms with E-state index in [4.69, 9.17) is 10.5 Å². The van der Waals surface area contributed by atoms with Crippen molar-refractivity contribution in [2.45, 2.75) is 13.3 Å². The van der Waals surface area contributed by atoms with Crippen molar-refractivity contribution in [1.82, 2.24) is 19.7 Å². The maximum Gasteiger partial charge on any atom is 0.269 e. The van der Waals surface area contributed by atoms with E-state index in [-0.39, 0.29) is 17.5 Å². The number of carbonyl (C=O) groups excluding carboxylic acids is 2. The van der Waals surface area contributed by atoms with Crippen LogP contribution in [0.5, 0.6) is 5.88 Å². The number of hydrogen-bond acceptors (Lipinski definition) is 5. The highest BCUT2D eigenvalue weighted by atomic mass is 16.5. The molecular weight excluding hydrogens is 382 g/mol. The Morgan fingerprint density at radius 2 is 2.20 bits per heavy atom. The lowest BCUT2D eigenvalue weighted by Crippen LogP contribution is -2.21. The zero-order chi connectivity index (χ0) is 21.3. The van der Waals surface area contributed by atoms with Crippen LogP contribution in [0.15, 0.2) is 36.5 Å². The fourth-order valence-electron chi connectivity index (χ4n) is 3.44. The predicted octanol–water partition coefficient (Wildman–Crippen LogP) is 1.75. The number of amides is 2. The van der Waals surface area contributed by atoms with E-state index in [9.17, 15) is 9.59 Å². The zero-order valence-electron chi connectivity index (χ0n) is 16.8. The van der Waals surface area contributed by atoms with Gasteiger partial charge in [0.25, 0.3) is 5.91 Å². The average molecular weight is 403 g/mol. The molecule has 0 saturated carbocycles.